The Morgan fingerprint density at radius 2 is 2.23 bits per heavy atom. The molecule has 0 aromatic carbocycles. The van der Waals surface area contributed by atoms with Gasteiger partial charge < -0.3 is 5.11 Å². The monoisotopic (exact) mass is 336 g/mol. The first-order chi connectivity index (χ1) is 10.4. The van der Waals surface area contributed by atoms with Crippen molar-refractivity contribution in [2.75, 3.05) is 5.75 Å². The number of carbonyl (C=O) groups excluding carboxylic acids is 1. The van der Waals surface area contributed by atoms with Gasteiger partial charge in [-0.3, -0.25) is 4.79 Å². The first kappa shape index (κ1) is 15.6. The molecule has 0 saturated carbocycles. The van der Waals surface area contributed by atoms with Crippen molar-refractivity contribution in [1.29, 1.82) is 0 Å². The zero-order valence-corrected chi connectivity index (χ0v) is 14.9. The summed E-state index contributed by atoms with van der Waals surface area (Å²) in [6, 6.07) is 0. The van der Waals surface area contributed by atoms with E-state index < -0.39 is 0 Å². The van der Waals surface area contributed by atoms with E-state index in [1.807, 2.05) is 25.6 Å². The molecule has 22 heavy (non-hydrogen) atoms. The zero-order chi connectivity index (χ0) is 16.1. The van der Waals surface area contributed by atoms with Gasteiger partial charge in [0.25, 0.3) is 0 Å². The summed E-state index contributed by atoms with van der Waals surface area (Å²) in [6.07, 6.45) is 2.59. The maximum Gasteiger partial charge on any atom is 0.220 e. The van der Waals surface area contributed by atoms with Gasteiger partial charge in [-0.2, -0.15) is 5.10 Å². The Morgan fingerprint density at radius 3 is 2.82 bits per heavy atom. The normalized spacial score (nSPS) is 16.5. The van der Waals surface area contributed by atoms with Crippen molar-refractivity contribution >= 4 is 28.9 Å². The van der Waals surface area contributed by atoms with Gasteiger partial charge in [-0.1, -0.05) is 13.8 Å². The molecule has 3 heterocycles. The first-order valence-electron chi connectivity index (χ1n) is 7.43. The molecule has 0 amide bonds. The molecule has 0 fully saturated rings. The van der Waals surface area contributed by atoms with E-state index in [1.54, 1.807) is 11.3 Å². The Morgan fingerprint density at radius 1 is 1.50 bits per heavy atom. The molecule has 2 aromatic rings. The number of hydrogen-bond acceptors (Lipinski definition) is 5. The summed E-state index contributed by atoms with van der Waals surface area (Å²) in [5.74, 6) is 0.933. The Kier molecular flexibility index (Phi) is 3.85. The number of thioether (sulfide) groups is 1. The number of ketones is 1. The molecule has 3 rings (SSSR count). The van der Waals surface area contributed by atoms with Crippen molar-refractivity contribution < 1.29 is 9.90 Å². The predicted molar refractivity (Wildman–Crippen MR) is 90.4 cm³/mol. The van der Waals surface area contributed by atoms with Crippen molar-refractivity contribution in [2.45, 2.75) is 50.3 Å². The molecule has 0 unspecified atom stereocenters. The lowest BCUT2D eigenvalue weighted by Crippen LogP contribution is -2.22. The maximum atomic E-state index is 12.8. The van der Waals surface area contributed by atoms with Crippen LogP contribution in [0.5, 0.6) is 5.88 Å². The fourth-order valence-electron chi connectivity index (χ4n) is 3.01. The molecule has 1 aliphatic rings. The van der Waals surface area contributed by atoms with E-state index in [9.17, 15) is 9.90 Å². The summed E-state index contributed by atoms with van der Waals surface area (Å²) < 4.78 is 2.69. The molecule has 118 valence electrons. The SMILES string of the molecule is CCn1ncc(C(=O)c2sc3c(c2C)C(C)(C)CCS3)c1O. The van der Waals surface area contributed by atoms with Crippen molar-refractivity contribution in [3.8, 4) is 5.88 Å². The average molecular weight is 336 g/mol. The Hall–Kier alpha value is -1.27. The smallest absolute Gasteiger partial charge is 0.220 e. The van der Waals surface area contributed by atoms with Crippen LogP contribution in [-0.4, -0.2) is 26.4 Å². The zero-order valence-electron chi connectivity index (χ0n) is 13.3. The van der Waals surface area contributed by atoms with Crippen molar-refractivity contribution in [3.05, 3.63) is 27.8 Å². The number of aryl methyl sites for hydroxylation is 1. The summed E-state index contributed by atoms with van der Waals surface area (Å²) in [5, 5.41) is 14.2. The number of aromatic hydroxyl groups is 1. The molecule has 4 nitrogen and oxygen atoms in total. The van der Waals surface area contributed by atoms with Gasteiger partial charge >= 0.3 is 0 Å². The second kappa shape index (κ2) is 5.42. The number of thiophene rings is 1. The topological polar surface area (TPSA) is 55.1 Å². The number of fused-ring (bicyclic) bond motifs is 1. The second-order valence-electron chi connectivity index (χ2n) is 6.23. The largest absolute Gasteiger partial charge is 0.493 e. The van der Waals surface area contributed by atoms with Gasteiger partial charge in [0.05, 0.1) is 15.3 Å². The van der Waals surface area contributed by atoms with Crippen LogP contribution in [0.3, 0.4) is 0 Å². The fourth-order valence-corrected chi connectivity index (χ4v) is 6.29. The summed E-state index contributed by atoms with van der Waals surface area (Å²) >= 11 is 3.39. The van der Waals surface area contributed by atoms with Crippen LogP contribution in [0, 0.1) is 6.92 Å². The molecule has 0 saturated heterocycles. The molecule has 0 atom stereocenters. The van der Waals surface area contributed by atoms with Crippen LogP contribution in [0.25, 0.3) is 0 Å². The van der Waals surface area contributed by atoms with E-state index >= 15 is 0 Å². The molecule has 0 aliphatic carbocycles. The summed E-state index contributed by atoms with van der Waals surface area (Å²) in [7, 11) is 0. The summed E-state index contributed by atoms with van der Waals surface area (Å²) in [6.45, 7) is 8.94. The van der Waals surface area contributed by atoms with Gasteiger partial charge in [-0.15, -0.1) is 23.1 Å². The van der Waals surface area contributed by atoms with Gasteiger partial charge in [0, 0.05) is 6.54 Å². The number of hydrogen-bond donors (Lipinski definition) is 1. The highest BCUT2D eigenvalue weighted by atomic mass is 32.2. The maximum absolute atomic E-state index is 12.8. The van der Waals surface area contributed by atoms with Gasteiger partial charge in [0.15, 0.2) is 0 Å². The average Bonchev–Trinajstić information content (AvgIpc) is 2.99. The lowest BCUT2D eigenvalue weighted by Gasteiger charge is -2.30. The lowest BCUT2D eigenvalue weighted by molar-refractivity contribution is 0.103. The highest BCUT2D eigenvalue weighted by Crippen LogP contribution is 2.49. The van der Waals surface area contributed by atoms with Crippen LogP contribution in [0.4, 0.5) is 0 Å². The second-order valence-corrected chi connectivity index (χ2v) is 8.61. The van der Waals surface area contributed by atoms with Crippen molar-refractivity contribution in [3.63, 3.8) is 0 Å². The Labute approximate surface area is 138 Å². The highest BCUT2D eigenvalue weighted by molar-refractivity contribution is 8.01. The molecular formula is C16H20N2O2S2. The third kappa shape index (κ3) is 2.29. The van der Waals surface area contributed by atoms with E-state index in [-0.39, 0.29) is 17.1 Å². The molecule has 0 radical (unpaired) electrons. The van der Waals surface area contributed by atoms with Crippen LogP contribution in [0.2, 0.25) is 0 Å². The first-order valence-corrected chi connectivity index (χ1v) is 9.23. The van der Waals surface area contributed by atoms with Gasteiger partial charge in [0.1, 0.15) is 5.56 Å². The Bertz CT molecular complexity index is 744. The van der Waals surface area contributed by atoms with Gasteiger partial charge in [-0.25, -0.2) is 4.68 Å². The van der Waals surface area contributed by atoms with Crippen molar-refractivity contribution in [1.82, 2.24) is 9.78 Å². The van der Waals surface area contributed by atoms with E-state index in [0.29, 0.717) is 12.1 Å². The fraction of sp³-hybridized carbons (Fsp3) is 0.500. The highest BCUT2D eigenvalue weighted by Gasteiger charge is 2.34. The van der Waals surface area contributed by atoms with Crippen LogP contribution in [0.15, 0.2) is 10.4 Å². The van der Waals surface area contributed by atoms with Crippen LogP contribution >= 0.6 is 23.1 Å². The molecule has 0 spiro atoms. The number of carbonyl (C=O) groups is 1. The number of nitrogens with zero attached hydrogens (tertiary/aromatic N) is 2. The predicted octanol–water partition coefficient (Wildman–Crippen LogP) is 3.98. The van der Waals surface area contributed by atoms with Gasteiger partial charge in [0.2, 0.25) is 11.7 Å². The van der Waals surface area contributed by atoms with E-state index in [4.69, 9.17) is 0 Å². The molecular weight excluding hydrogens is 316 g/mol. The third-order valence-corrected chi connectivity index (χ3v) is 6.88. The molecule has 6 heteroatoms. The third-order valence-electron chi connectivity index (χ3n) is 4.31. The summed E-state index contributed by atoms with van der Waals surface area (Å²) in [5.41, 5.74) is 2.77. The van der Waals surface area contributed by atoms with E-state index in [2.05, 4.69) is 18.9 Å². The Balaban J connectivity index is 2.08. The van der Waals surface area contributed by atoms with Crippen LogP contribution < -0.4 is 0 Å². The molecule has 1 N–H and O–H groups in total. The van der Waals surface area contributed by atoms with E-state index in [0.717, 1.165) is 22.6 Å². The van der Waals surface area contributed by atoms with Crippen molar-refractivity contribution in [2.24, 2.45) is 0 Å². The molecule has 0 bridgehead atoms. The molecule has 2 aromatic heterocycles. The number of aromatic nitrogens is 2. The minimum atomic E-state index is -0.120. The standard InChI is InChI=1S/C16H20N2O2S2/c1-5-18-14(20)10(8-17-18)12(19)13-9(2)11-15(22-13)21-7-6-16(11,3)4/h8,20H,5-7H2,1-4H3. The van der Waals surface area contributed by atoms with Crippen LogP contribution in [0.1, 0.15) is 53.6 Å². The van der Waals surface area contributed by atoms with E-state index in [1.165, 1.54) is 20.7 Å². The van der Waals surface area contributed by atoms with Gasteiger partial charge in [-0.05, 0) is 42.6 Å². The number of rotatable bonds is 3. The lowest BCUT2D eigenvalue weighted by atomic mass is 9.81. The van der Waals surface area contributed by atoms with Crippen LogP contribution in [-0.2, 0) is 12.0 Å². The molecule has 1 aliphatic heterocycles. The minimum absolute atomic E-state index is 0.0369. The quantitative estimate of drug-likeness (QED) is 0.861. The minimum Gasteiger partial charge on any atom is -0.493 e. The summed E-state index contributed by atoms with van der Waals surface area (Å²) in [4.78, 5) is 13.6.